The molecule has 0 saturated heterocycles. The Kier molecular flexibility index (Phi) is 5.44. The highest BCUT2D eigenvalue weighted by molar-refractivity contribution is 5.57. The average Bonchev–Trinajstić information content (AvgIpc) is 2.74. The lowest BCUT2D eigenvalue weighted by Crippen LogP contribution is -2.32. The quantitative estimate of drug-likeness (QED) is 0.664. The lowest BCUT2D eigenvalue weighted by atomic mass is 10.0. The molecule has 3 aromatic rings. The molecule has 142 valence electrons. The van der Waals surface area contributed by atoms with Gasteiger partial charge in [-0.15, -0.1) is 6.58 Å². The zero-order valence-electron chi connectivity index (χ0n) is 16.2. The van der Waals surface area contributed by atoms with E-state index in [1.807, 2.05) is 24.3 Å². The number of benzene rings is 1. The molecule has 1 N–H and O–H groups in total. The van der Waals surface area contributed by atoms with Gasteiger partial charge in [0.2, 0.25) is 0 Å². The normalized spacial score (nSPS) is 13.8. The van der Waals surface area contributed by atoms with Crippen molar-refractivity contribution in [3.05, 3.63) is 83.7 Å². The number of aromatic nitrogens is 3. The monoisotopic (exact) mass is 371 g/mol. The maximum absolute atomic E-state index is 4.88. The molecule has 1 aliphatic rings. The second-order valence-electron chi connectivity index (χ2n) is 7.15. The van der Waals surface area contributed by atoms with Crippen molar-refractivity contribution >= 4 is 5.82 Å². The second-order valence-corrected chi connectivity index (χ2v) is 7.15. The minimum Gasteiger partial charge on any atom is -0.366 e. The predicted molar refractivity (Wildman–Crippen MR) is 113 cm³/mol. The SMILES string of the molecule is C=CCNc1nc(-c2ccccn2)nc2c1CCN(Cc1ccc(C)cc1)C2. The summed E-state index contributed by atoms with van der Waals surface area (Å²) in [5.41, 5.74) is 5.71. The van der Waals surface area contributed by atoms with Crippen LogP contribution in [0.15, 0.2) is 61.3 Å². The van der Waals surface area contributed by atoms with Crippen LogP contribution in [0, 0.1) is 6.92 Å². The van der Waals surface area contributed by atoms with Crippen molar-refractivity contribution in [3.8, 4) is 11.5 Å². The van der Waals surface area contributed by atoms with Gasteiger partial charge in [0, 0.05) is 37.9 Å². The highest BCUT2D eigenvalue weighted by atomic mass is 15.2. The molecule has 0 atom stereocenters. The van der Waals surface area contributed by atoms with E-state index in [2.05, 4.69) is 53.0 Å². The second kappa shape index (κ2) is 8.31. The van der Waals surface area contributed by atoms with Gasteiger partial charge in [0.1, 0.15) is 11.5 Å². The van der Waals surface area contributed by atoms with E-state index in [4.69, 9.17) is 9.97 Å². The summed E-state index contributed by atoms with van der Waals surface area (Å²) in [4.78, 5) is 16.5. The molecule has 0 unspecified atom stereocenters. The van der Waals surface area contributed by atoms with E-state index in [1.165, 1.54) is 16.7 Å². The van der Waals surface area contributed by atoms with Gasteiger partial charge in [0.05, 0.1) is 5.69 Å². The van der Waals surface area contributed by atoms with E-state index in [0.29, 0.717) is 12.4 Å². The lowest BCUT2D eigenvalue weighted by molar-refractivity contribution is 0.241. The van der Waals surface area contributed by atoms with Crippen LogP contribution in [0.25, 0.3) is 11.5 Å². The molecule has 5 heteroatoms. The van der Waals surface area contributed by atoms with Crippen LogP contribution in [0.3, 0.4) is 0 Å². The number of aryl methyl sites for hydroxylation is 1. The molecule has 0 bridgehead atoms. The molecule has 2 aromatic heterocycles. The molecule has 1 aromatic carbocycles. The summed E-state index contributed by atoms with van der Waals surface area (Å²) in [5.74, 6) is 1.57. The van der Waals surface area contributed by atoms with E-state index < -0.39 is 0 Å². The molecule has 4 rings (SSSR count). The van der Waals surface area contributed by atoms with E-state index in [-0.39, 0.29) is 0 Å². The summed E-state index contributed by atoms with van der Waals surface area (Å²) in [7, 11) is 0. The van der Waals surface area contributed by atoms with Gasteiger partial charge < -0.3 is 5.32 Å². The Balaban J connectivity index is 1.63. The molecule has 0 fully saturated rings. The fourth-order valence-corrected chi connectivity index (χ4v) is 3.50. The molecule has 3 heterocycles. The van der Waals surface area contributed by atoms with E-state index in [9.17, 15) is 0 Å². The van der Waals surface area contributed by atoms with E-state index >= 15 is 0 Å². The number of anilines is 1. The summed E-state index contributed by atoms with van der Waals surface area (Å²) in [6.07, 6.45) is 4.56. The topological polar surface area (TPSA) is 53.9 Å². The number of hydrogen-bond donors (Lipinski definition) is 1. The summed E-state index contributed by atoms with van der Waals surface area (Å²) in [5, 5.41) is 3.39. The molecule has 0 aliphatic carbocycles. The Morgan fingerprint density at radius 1 is 1.14 bits per heavy atom. The van der Waals surface area contributed by atoms with Crippen LogP contribution < -0.4 is 5.32 Å². The summed E-state index contributed by atoms with van der Waals surface area (Å²) in [6.45, 7) is 9.34. The van der Waals surface area contributed by atoms with E-state index in [1.54, 1.807) is 6.20 Å². The third-order valence-electron chi connectivity index (χ3n) is 4.98. The number of hydrogen-bond acceptors (Lipinski definition) is 5. The summed E-state index contributed by atoms with van der Waals surface area (Å²) in [6, 6.07) is 14.6. The number of pyridine rings is 1. The Bertz CT molecular complexity index is 951. The molecule has 0 radical (unpaired) electrons. The van der Waals surface area contributed by atoms with Crippen molar-refractivity contribution in [1.82, 2.24) is 19.9 Å². The van der Waals surface area contributed by atoms with Gasteiger partial charge in [-0.2, -0.15) is 0 Å². The minimum atomic E-state index is 0.670. The van der Waals surface area contributed by atoms with Gasteiger partial charge >= 0.3 is 0 Å². The van der Waals surface area contributed by atoms with Gasteiger partial charge in [-0.3, -0.25) is 9.88 Å². The van der Waals surface area contributed by atoms with Gasteiger partial charge in [-0.25, -0.2) is 9.97 Å². The Labute approximate surface area is 166 Å². The minimum absolute atomic E-state index is 0.670. The fraction of sp³-hybridized carbons (Fsp3) is 0.261. The van der Waals surface area contributed by atoms with Crippen molar-refractivity contribution in [3.63, 3.8) is 0 Å². The van der Waals surface area contributed by atoms with E-state index in [0.717, 1.165) is 43.3 Å². The Hall–Kier alpha value is -3.05. The Morgan fingerprint density at radius 3 is 2.75 bits per heavy atom. The molecule has 0 saturated carbocycles. The standard InChI is InChI=1S/C23H25N5/c1-3-12-25-22-19-11-14-28(15-18-9-7-17(2)8-10-18)16-21(19)26-23(27-22)20-6-4-5-13-24-20/h3-10,13H,1,11-12,14-16H2,2H3,(H,25,26,27). The summed E-state index contributed by atoms with van der Waals surface area (Å²) >= 11 is 0. The molecule has 5 nitrogen and oxygen atoms in total. The van der Waals surface area contributed by atoms with Crippen molar-refractivity contribution < 1.29 is 0 Å². The van der Waals surface area contributed by atoms with Gasteiger partial charge in [-0.05, 0) is 31.0 Å². The van der Waals surface area contributed by atoms with Gasteiger partial charge in [-0.1, -0.05) is 42.0 Å². The number of fused-ring (bicyclic) bond motifs is 1. The van der Waals surface area contributed by atoms with Crippen molar-refractivity contribution in [1.29, 1.82) is 0 Å². The predicted octanol–water partition coefficient (Wildman–Crippen LogP) is 4.00. The third kappa shape index (κ3) is 4.10. The van der Waals surface area contributed by atoms with Crippen LogP contribution in [-0.4, -0.2) is 32.9 Å². The maximum atomic E-state index is 4.88. The lowest BCUT2D eigenvalue weighted by Gasteiger charge is -2.29. The van der Waals surface area contributed by atoms with Crippen molar-refractivity contribution in [2.45, 2.75) is 26.4 Å². The Morgan fingerprint density at radius 2 is 2.00 bits per heavy atom. The highest BCUT2D eigenvalue weighted by Gasteiger charge is 2.23. The molecular formula is C23H25N5. The molecule has 28 heavy (non-hydrogen) atoms. The van der Waals surface area contributed by atoms with Crippen molar-refractivity contribution in [2.24, 2.45) is 0 Å². The van der Waals surface area contributed by atoms with Crippen LogP contribution in [0.1, 0.15) is 22.4 Å². The van der Waals surface area contributed by atoms with Gasteiger partial charge in [0.15, 0.2) is 5.82 Å². The third-order valence-corrected chi connectivity index (χ3v) is 4.98. The highest BCUT2D eigenvalue weighted by Crippen LogP contribution is 2.27. The maximum Gasteiger partial charge on any atom is 0.180 e. The van der Waals surface area contributed by atoms with Gasteiger partial charge in [0.25, 0.3) is 0 Å². The molecule has 0 amide bonds. The molecule has 0 spiro atoms. The first-order valence-corrected chi connectivity index (χ1v) is 9.67. The largest absolute Gasteiger partial charge is 0.366 e. The zero-order valence-corrected chi connectivity index (χ0v) is 16.2. The fourth-order valence-electron chi connectivity index (χ4n) is 3.50. The van der Waals surface area contributed by atoms with Crippen LogP contribution in [0.4, 0.5) is 5.82 Å². The molecule has 1 aliphatic heterocycles. The van der Waals surface area contributed by atoms with Crippen LogP contribution in [0.2, 0.25) is 0 Å². The van der Waals surface area contributed by atoms with Crippen LogP contribution >= 0.6 is 0 Å². The van der Waals surface area contributed by atoms with Crippen LogP contribution in [-0.2, 0) is 19.5 Å². The average molecular weight is 371 g/mol. The van der Waals surface area contributed by atoms with Crippen molar-refractivity contribution in [2.75, 3.05) is 18.4 Å². The summed E-state index contributed by atoms with van der Waals surface area (Å²) < 4.78 is 0. The first-order chi connectivity index (χ1) is 13.7. The van der Waals surface area contributed by atoms with Crippen LogP contribution in [0.5, 0.6) is 0 Å². The zero-order chi connectivity index (χ0) is 19.3. The number of nitrogens with one attached hydrogen (secondary N) is 1. The first-order valence-electron chi connectivity index (χ1n) is 9.67. The smallest absolute Gasteiger partial charge is 0.180 e. The number of nitrogens with zero attached hydrogens (tertiary/aromatic N) is 4. The first kappa shape index (κ1) is 18.3. The number of rotatable bonds is 6. The molecular weight excluding hydrogens is 346 g/mol.